The summed E-state index contributed by atoms with van der Waals surface area (Å²) in [6.45, 7) is 1.98. The second-order valence-electron chi connectivity index (χ2n) is 3.85. The number of hydrogen-bond donors (Lipinski definition) is 2. The van der Waals surface area contributed by atoms with Gasteiger partial charge in [0, 0.05) is 18.7 Å². The van der Waals surface area contributed by atoms with E-state index in [0.29, 0.717) is 11.9 Å². The first kappa shape index (κ1) is 10.8. The average molecular weight is 222 g/mol. The van der Waals surface area contributed by atoms with E-state index in [1.165, 1.54) is 12.3 Å². The van der Waals surface area contributed by atoms with Crippen molar-refractivity contribution in [2.45, 2.75) is 18.9 Å². The molecule has 0 unspecified atom stereocenters. The maximum Gasteiger partial charge on any atom is 0.287 e. The van der Waals surface area contributed by atoms with Crippen LogP contribution in [-0.2, 0) is 0 Å². The summed E-state index contributed by atoms with van der Waals surface area (Å²) in [6.07, 6.45) is 3.52. The number of pyridine rings is 1. The van der Waals surface area contributed by atoms with Gasteiger partial charge in [0.05, 0.1) is 4.92 Å². The van der Waals surface area contributed by atoms with Crippen LogP contribution in [0.4, 0.5) is 11.5 Å². The molecule has 16 heavy (non-hydrogen) atoms. The highest BCUT2D eigenvalue weighted by Gasteiger charge is 2.13. The molecule has 2 heterocycles. The number of rotatable bonds is 3. The van der Waals surface area contributed by atoms with E-state index < -0.39 is 4.92 Å². The predicted molar refractivity (Wildman–Crippen MR) is 60.4 cm³/mol. The number of hydrogen-bond acceptors (Lipinski definition) is 5. The van der Waals surface area contributed by atoms with Crippen LogP contribution in [0.5, 0.6) is 0 Å². The van der Waals surface area contributed by atoms with Gasteiger partial charge in [0.2, 0.25) is 0 Å². The second kappa shape index (κ2) is 4.89. The molecule has 1 atom stereocenters. The molecule has 1 fully saturated rings. The molecule has 0 bridgehead atoms. The maximum atomic E-state index is 10.4. The smallest absolute Gasteiger partial charge is 0.287 e. The molecule has 0 radical (unpaired) electrons. The van der Waals surface area contributed by atoms with Crippen molar-refractivity contribution in [2.24, 2.45) is 0 Å². The summed E-state index contributed by atoms with van der Waals surface area (Å²) in [5, 5.41) is 17.0. The van der Waals surface area contributed by atoms with Gasteiger partial charge in [0.15, 0.2) is 0 Å². The Morgan fingerprint density at radius 2 is 2.44 bits per heavy atom. The SMILES string of the molecule is O=[N+]([O-])c1ccc(N[C@@H]2CCCNC2)nc1. The number of anilines is 1. The Morgan fingerprint density at radius 3 is 3.00 bits per heavy atom. The van der Waals surface area contributed by atoms with Gasteiger partial charge in [0.1, 0.15) is 12.0 Å². The fraction of sp³-hybridized carbons (Fsp3) is 0.500. The van der Waals surface area contributed by atoms with Crippen molar-refractivity contribution in [3.05, 3.63) is 28.4 Å². The first-order valence-corrected chi connectivity index (χ1v) is 5.33. The molecule has 2 rings (SSSR count). The molecular weight excluding hydrogens is 208 g/mol. The van der Waals surface area contributed by atoms with E-state index in [4.69, 9.17) is 0 Å². The Kier molecular flexibility index (Phi) is 3.31. The summed E-state index contributed by atoms with van der Waals surface area (Å²) in [4.78, 5) is 14.0. The first-order valence-electron chi connectivity index (χ1n) is 5.33. The number of nitro groups is 1. The minimum absolute atomic E-state index is 0.0207. The Morgan fingerprint density at radius 1 is 1.56 bits per heavy atom. The van der Waals surface area contributed by atoms with Crippen molar-refractivity contribution >= 4 is 11.5 Å². The van der Waals surface area contributed by atoms with E-state index >= 15 is 0 Å². The molecule has 0 spiro atoms. The highest BCUT2D eigenvalue weighted by Crippen LogP contribution is 2.14. The Labute approximate surface area is 93.2 Å². The predicted octanol–water partition coefficient (Wildman–Crippen LogP) is 1.15. The zero-order valence-corrected chi connectivity index (χ0v) is 8.85. The molecule has 1 aliphatic rings. The number of nitrogens with zero attached hydrogens (tertiary/aromatic N) is 2. The topological polar surface area (TPSA) is 80.1 Å². The molecule has 1 aliphatic heterocycles. The molecule has 0 amide bonds. The number of piperidine rings is 1. The van der Waals surface area contributed by atoms with Crippen LogP contribution in [0.2, 0.25) is 0 Å². The minimum Gasteiger partial charge on any atom is -0.366 e. The second-order valence-corrected chi connectivity index (χ2v) is 3.85. The quantitative estimate of drug-likeness (QED) is 0.592. The third-order valence-electron chi connectivity index (χ3n) is 2.61. The van der Waals surface area contributed by atoms with Crippen molar-refractivity contribution < 1.29 is 4.92 Å². The van der Waals surface area contributed by atoms with Crippen LogP contribution in [-0.4, -0.2) is 29.0 Å². The summed E-state index contributed by atoms with van der Waals surface area (Å²) in [6, 6.07) is 3.47. The van der Waals surface area contributed by atoms with Gasteiger partial charge in [-0.05, 0) is 25.5 Å². The fourth-order valence-electron chi connectivity index (χ4n) is 1.76. The van der Waals surface area contributed by atoms with Gasteiger partial charge < -0.3 is 10.6 Å². The van der Waals surface area contributed by atoms with Crippen LogP contribution >= 0.6 is 0 Å². The molecule has 0 saturated carbocycles. The molecule has 1 saturated heterocycles. The molecule has 0 aromatic carbocycles. The first-order chi connectivity index (χ1) is 7.75. The summed E-state index contributed by atoms with van der Waals surface area (Å²) < 4.78 is 0. The molecule has 86 valence electrons. The van der Waals surface area contributed by atoms with Crippen LogP contribution < -0.4 is 10.6 Å². The molecular formula is C10H14N4O2. The fourth-order valence-corrected chi connectivity index (χ4v) is 1.76. The average Bonchev–Trinajstić information content (AvgIpc) is 2.31. The summed E-state index contributed by atoms with van der Waals surface area (Å²) in [7, 11) is 0. The number of nitrogens with one attached hydrogen (secondary N) is 2. The van der Waals surface area contributed by atoms with Gasteiger partial charge in [-0.2, -0.15) is 0 Å². The number of aromatic nitrogens is 1. The van der Waals surface area contributed by atoms with E-state index in [-0.39, 0.29) is 5.69 Å². The lowest BCUT2D eigenvalue weighted by molar-refractivity contribution is -0.385. The normalized spacial score (nSPS) is 20.4. The lowest BCUT2D eigenvalue weighted by atomic mass is 10.1. The van der Waals surface area contributed by atoms with E-state index in [9.17, 15) is 10.1 Å². The molecule has 6 nitrogen and oxygen atoms in total. The van der Waals surface area contributed by atoms with Crippen LogP contribution in [0.25, 0.3) is 0 Å². The van der Waals surface area contributed by atoms with Crippen LogP contribution in [0.3, 0.4) is 0 Å². The largest absolute Gasteiger partial charge is 0.366 e. The van der Waals surface area contributed by atoms with Crippen molar-refractivity contribution in [3.63, 3.8) is 0 Å². The molecule has 0 aliphatic carbocycles. The van der Waals surface area contributed by atoms with E-state index in [2.05, 4.69) is 15.6 Å². The van der Waals surface area contributed by atoms with Crippen molar-refractivity contribution in [1.82, 2.24) is 10.3 Å². The lowest BCUT2D eigenvalue weighted by Crippen LogP contribution is -2.38. The van der Waals surface area contributed by atoms with Crippen LogP contribution in [0.1, 0.15) is 12.8 Å². The third kappa shape index (κ3) is 2.66. The highest BCUT2D eigenvalue weighted by molar-refractivity contribution is 5.40. The van der Waals surface area contributed by atoms with E-state index in [1.807, 2.05) is 0 Å². The van der Waals surface area contributed by atoms with Gasteiger partial charge in [0.25, 0.3) is 5.69 Å². The van der Waals surface area contributed by atoms with Gasteiger partial charge >= 0.3 is 0 Å². The summed E-state index contributed by atoms with van der Waals surface area (Å²) in [5.41, 5.74) is 0.0207. The van der Waals surface area contributed by atoms with Crippen LogP contribution in [0, 0.1) is 10.1 Å². The Hall–Kier alpha value is -1.69. The van der Waals surface area contributed by atoms with E-state index in [1.54, 1.807) is 6.07 Å². The van der Waals surface area contributed by atoms with Crippen molar-refractivity contribution in [2.75, 3.05) is 18.4 Å². The molecule has 1 aromatic heterocycles. The minimum atomic E-state index is -0.445. The summed E-state index contributed by atoms with van der Waals surface area (Å²) in [5.74, 6) is 0.694. The monoisotopic (exact) mass is 222 g/mol. The van der Waals surface area contributed by atoms with Gasteiger partial charge in [-0.3, -0.25) is 10.1 Å². The van der Waals surface area contributed by atoms with Gasteiger partial charge in [-0.15, -0.1) is 0 Å². The maximum absolute atomic E-state index is 10.4. The van der Waals surface area contributed by atoms with Crippen molar-refractivity contribution in [1.29, 1.82) is 0 Å². The molecule has 6 heteroatoms. The van der Waals surface area contributed by atoms with Gasteiger partial charge in [-0.1, -0.05) is 0 Å². The zero-order chi connectivity index (χ0) is 11.4. The van der Waals surface area contributed by atoms with Crippen LogP contribution in [0.15, 0.2) is 18.3 Å². The zero-order valence-electron chi connectivity index (χ0n) is 8.85. The lowest BCUT2D eigenvalue weighted by Gasteiger charge is -2.24. The Balaban J connectivity index is 1.96. The summed E-state index contributed by atoms with van der Waals surface area (Å²) >= 11 is 0. The third-order valence-corrected chi connectivity index (χ3v) is 2.61. The molecule has 1 aromatic rings. The van der Waals surface area contributed by atoms with Crippen molar-refractivity contribution in [3.8, 4) is 0 Å². The molecule has 2 N–H and O–H groups in total. The Bertz CT molecular complexity index is 360. The highest BCUT2D eigenvalue weighted by atomic mass is 16.6. The van der Waals surface area contributed by atoms with Gasteiger partial charge in [-0.25, -0.2) is 4.98 Å². The van der Waals surface area contributed by atoms with E-state index in [0.717, 1.165) is 25.9 Å². The standard InChI is InChI=1S/C10H14N4O2/c15-14(16)9-3-4-10(12-7-9)13-8-2-1-5-11-6-8/h3-4,7-8,11H,1-2,5-6H2,(H,12,13)/t8-/m1/s1.